The van der Waals surface area contributed by atoms with Crippen LogP contribution >= 0.6 is 35.0 Å². The lowest BCUT2D eigenvalue weighted by molar-refractivity contribution is -0.113. The summed E-state index contributed by atoms with van der Waals surface area (Å²) >= 11 is 13.1. The average molecular weight is 294 g/mol. The highest BCUT2D eigenvalue weighted by Gasteiger charge is 2.15. The van der Waals surface area contributed by atoms with Crippen LogP contribution in [-0.4, -0.2) is 26.4 Å². The van der Waals surface area contributed by atoms with Crippen LogP contribution < -0.4 is 5.32 Å². The van der Waals surface area contributed by atoms with Crippen LogP contribution in [0.1, 0.15) is 20.8 Å². The van der Waals surface area contributed by atoms with E-state index in [-0.39, 0.29) is 26.6 Å². The first-order chi connectivity index (χ1) is 7.79. The van der Waals surface area contributed by atoms with E-state index < -0.39 is 0 Å². The van der Waals surface area contributed by atoms with Crippen LogP contribution in [0.4, 0.5) is 5.82 Å². The number of rotatable bonds is 3. The van der Waals surface area contributed by atoms with Crippen LogP contribution in [0, 0.1) is 0 Å². The zero-order valence-corrected chi connectivity index (χ0v) is 12.1. The molecule has 0 aromatic carbocycles. The van der Waals surface area contributed by atoms with Crippen LogP contribution in [-0.2, 0) is 4.79 Å². The van der Waals surface area contributed by atoms with E-state index in [1.165, 1.54) is 18.1 Å². The maximum Gasteiger partial charge on any atom is 0.235 e. The van der Waals surface area contributed by atoms with Gasteiger partial charge in [-0.05, 0) is 0 Å². The lowest BCUT2D eigenvalue weighted by Crippen LogP contribution is -2.19. The Labute approximate surface area is 115 Å². The summed E-state index contributed by atoms with van der Waals surface area (Å²) in [6.07, 6.45) is 1.25. The number of carbonyl (C=O) groups excluding carboxylic acids is 1. The number of hydrogen-bond acceptors (Lipinski definition) is 4. The van der Waals surface area contributed by atoms with Crippen molar-refractivity contribution in [3.05, 3.63) is 16.5 Å². The molecule has 0 aliphatic rings. The van der Waals surface area contributed by atoms with Crippen molar-refractivity contribution < 1.29 is 4.79 Å². The third kappa shape index (κ3) is 5.10. The van der Waals surface area contributed by atoms with Crippen molar-refractivity contribution in [2.24, 2.45) is 0 Å². The van der Waals surface area contributed by atoms with Gasteiger partial charge in [-0.25, -0.2) is 9.97 Å². The summed E-state index contributed by atoms with van der Waals surface area (Å²) < 4.78 is 0.0322. The van der Waals surface area contributed by atoms with Crippen molar-refractivity contribution in [3.63, 3.8) is 0 Å². The minimum Gasteiger partial charge on any atom is -0.309 e. The third-order valence-corrected chi connectivity index (χ3v) is 3.65. The highest BCUT2D eigenvalue weighted by atomic mass is 35.5. The summed E-state index contributed by atoms with van der Waals surface area (Å²) in [5, 5.41) is 2.88. The highest BCUT2D eigenvalue weighted by molar-refractivity contribution is 8.01. The largest absolute Gasteiger partial charge is 0.309 e. The van der Waals surface area contributed by atoms with Gasteiger partial charge >= 0.3 is 0 Å². The second kappa shape index (κ2) is 5.89. The Balaban J connectivity index is 2.60. The van der Waals surface area contributed by atoms with Crippen molar-refractivity contribution in [2.45, 2.75) is 25.5 Å². The van der Waals surface area contributed by atoms with Crippen molar-refractivity contribution in [3.8, 4) is 0 Å². The fourth-order valence-corrected chi connectivity index (χ4v) is 1.80. The molecule has 0 atom stereocenters. The molecule has 0 aliphatic carbocycles. The number of thioether (sulfide) groups is 1. The molecule has 0 radical (unpaired) electrons. The Morgan fingerprint density at radius 3 is 2.65 bits per heavy atom. The molecule has 0 aliphatic heterocycles. The van der Waals surface area contributed by atoms with Gasteiger partial charge in [-0.1, -0.05) is 44.0 Å². The summed E-state index contributed by atoms with van der Waals surface area (Å²) in [5.74, 6) is 0.411. The van der Waals surface area contributed by atoms with Gasteiger partial charge in [-0.2, -0.15) is 0 Å². The molecule has 7 heteroatoms. The molecule has 0 spiro atoms. The lowest BCUT2D eigenvalue weighted by Gasteiger charge is -2.16. The van der Waals surface area contributed by atoms with Gasteiger partial charge in [0.15, 0.2) is 11.0 Å². The van der Waals surface area contributed by atoms with Crippen LogP contribution in [0.15, 0.2) is 6.33 Å². The second-order valence-electron chi connectivity index (χ2n) is 4.28. The summed E-state index contributed by atoms with van der Waals surface area (Å²) in [6.45, 7) is 6.12. The van der Waals surface area contributed by atoms with Crippen molar-refractivity contribution in [1.82, 2.24) is 9.97 Å². The molecular formula is C10H13Cl2N3OS. The molecule has 1 N–H and O–H groups in total. The van der Waals surface area contributed by atoms with E-state index in [4.69, 9.17) is 23.2 Å². The molecule has 0 saturated carbocycles. The van der Waals surface area contributed by atoms with Gasteiger partial charge in [-0.3, -0.25) is 4.79 Å². The molecular weight excluding hydrogens is 281 g/mol. The Morgan fingerprint density at radius 2 is 2.06 bits per heavy atom. The van der Waals surface area contributed by atoms with E-state index in [2.05, 4.69) is 15.3 Å². The predicted octanol–water partition coefficient (Wildman–Crippen LogP) is 3.25. The zero-order valence-electron chi connectivity index (χ0n) is 9.75. The van der Waals surface area contributed by atoms with Crippen molar-refractivity contribution in [2.75, 3.05) is 11.1 Å². The van der Waals surface area contributed by atoms with E-state index in [0.29, 0.717) is 5.75 Å². The summed E-state index contributed by atoms with van der Waals surface area (Å²) in [6, 6.07) is 0. The highest BCUT2D eigenvalue weighted by Crippen LogP contribution is 2.26. The van der Waals surface area contributed by atoms with Crippen molar-refractivity contribution in [1.29, 1.82) is 0 Å². The summed E-state index contributed by atoms with van der Waals surface area (Å²) in [7, 11) is 0. The average Bonchev–Trinajstić information content (AvgIpc) is 2.21. The third-order valence-electron chi connectivity index (χ3n) is 1.64. The van der Waals surface area contributed by atoms with Crippen LogP contribution in [0.2, 0.25) is 10.2 Å². The molecule has 0 fully saturated rings. The number of aromatic nitrogens is 2. The molecule has 1 rings (SSSR count). The molecule has 1 heterocycles. The minimum atomic E-state index is -0.165. The van der Waals surface area contributed by atoms with Crippen LogP contribution in [0.5, 0.6) is 0 Å². The lowest BCUT2D eigenvalue weighted by atomic mass is 10.3. The zero-order chi connectivity index (χ0) is 13.1. The molecule has 0 saturated heterocycles. The first-order valence-electron chi connectivity index (χ1n) is 4.89. The first-order valence-corrected chi connectivity index (χ1v) is 6.63. The Hall–Kier alpha value is -0.520. The van der Waals surface area contributed by atoms with Crippen LogP contribution in [0.25, 0.3) is 0 Å². The number of nitrogens with zero attached hydrogens (tertiary/aromatic N) is 2. The Morgan fingerprint density at radius 1 is 1.41 bits per heavy atom. The minimum absolute atomic E-state index is 0.0322. The quantitative estimate of drug-likeness (QED) is 0.869. The SMILES string of the molecule is CC(C)(C)SCC(=O)Nc1ncnc(Cl)c1Cl. The van der Waals surface area contributed by atoms with Gasteiger partial charge < -0.3 is 5.32 Å². The monoisotopic (exact) mass is 293 g/mol. The molecule has 1 aromatic heterocycles. The van der Waals surface area contributed by atoms with Gasteiger partial charge in [0.2, 0.25) is 5.91 Å². The summed E-state index contributed by atoms with van der Waals surface area (Å²) in [4.78, 5) is 19.2. The smallest absolute Gasteiger partial charge is 0.235 e. The number of hydrogen-bond donors (Lipinski definition) is 1. The molecule has 0 unspecified atom stereocenters. The fourth-order valence-electron chi connectivity index (χ4n) is 0.886. The van der Waals surface area contributed by atoms with Gasteiger partial charge in [-0.15, -0.1) is 11.8 Å². The Bertz CT molecular complexity index is 421. The number of amides is 1. The second-order valence-corrected chi connectivity index (χ2v) is 6.81. The van der Waals surface area contributed by atoms with Gasteiger partial charge in [0, 0.05) is 4.75 Å². The fraction of sp³-hybridized carbons (Fsp3) is 0.500. The molecule has 0 bridgehead atoms. The van der Waals surface area contributed by atoms with E-state index in [1.54, 1.807) is 0 Å². The van der Waals surface area contributed by atoms with Gasteiger partial charge in [0.25, 0.3) is 0 Å². The number of carbonyl (C=O) groups is 1. The maximum atomic E-state index is 11.6. The van der Waals surface area contributed by atoms with E-state index in [1.807, 2.05) is 20.8 Å². The molecule has 17 heavy (non-hydrogen) atoms. The van der Waals surface area contributed by atoms with Gasteiger partial charge in [0.1, 0.15) is 11.3 Å². The van der Waals surface area contributed by atoms with Crippen molar-refractivity contribution >= 4 is 46.7 Å². The maximum absolute atomic E-state index is 11.6. The van der Waals surface area contributed by atoms with E-state index >= 15 is 0 Å². The topological polar surface area (TPSA) is 54.9 Å². The predicted molar refractivity (Wildman–Crippen MR) is 72.9 cm³/mol. The molecule has 4 nitrogen and oxygen atoms in total. The van der Waals surface area contributed by atoms with Gasteiger partial charge in [0.05, 0.1) is 5.75 Å². The number of nitrogens with one attached hydrogen (secondary N) is 1. The molecule has 94 valence electrons. The number of anilines is 1. The number of halogens is 2. The summed E-state index contributed by atoms with van der Waals surface area (Å²) in [5.41, 5.74) is 0. The van der Waals surface area contributed by atoms with Crippen LogP contribution in [0.3, 0.4) is 0 Å². The van der Waals surface area contributed by atoms with E-state index in [0.717, 1.165) is 0 Å². The standard InChI is InChI=1S/C10H13Cl2N3OS/c1-10(2,3)17-4-6(16)15-9-7(11)8(12)13-5-14-9/h5H,4H2,1-3H3,(H,13,14,15,16). The molecule has 1 aromatic rings. The van der Waals surface area contributed by atoms with E-state index in [9.17, 15) is 4.79 Å². The molecule has 1 amide bonds. The Kier molecular flexibility index (Phi) is 5.04. The first kappa shape index (κ1) is 14.5. The normalized spacial score (nSPS) is 11.4.